The zero-order valence-corrected chi connectivity index (χ0v) is 17.2. The SMILES string of the molecule is CN(C)C(=O)COc1cccc(C(=O)NCC(c2cccs2)N2CCCC2)c1. The molecule has 1 aliphatic heterocycles. The maximum Gasteiger partial charge on any atom is 0.259 e. The highest BCUT2D eigenvalue weighted by atomic mass is 32.1. The lowest BCUT2D eigenvalue weighted by atomic mass is 10.1. The van der Waals surface area contributed by atoms with Gasteiger partial charge in [-0.3, -0.25) is 14.5 Å². The molecule has 3 rings (SSSR count). The number of hydrogen-bond acceptors (Lipinski definition) is 5. The Labute approximate surface area is 170 Å². The Morgan fingerprint density at radius 2 is 2.00 bits per heavy atom. The van der Waals surface area contributed by atoms with Crippen molar-refractivity contribution in [2.45, 2.75) is 18.9 Å². The third kappa shape index (κ3) is 5.33. The minimum atomic E-state index is -0.134. The Morgan fingerprint density at radius 3 is 2.68 bits per heavy atom. The monoisotopic (exact) mass is 401 g/mol. The van der Waals surface area contributed by atoms with Crippen LogP contribution in [-0.4, -0.2) is 62.0 Å². The van der Waals surface area contributed by atoms with Gasteiger partial charge in [0.05, 0.1) is 6.04 Å². The average Bonchev–Trinajstić information content (AvgIpc) is 3.41. The normalized spacial score (nSPS) is 15.2. The van der Waals surface area contributed by atoms with Crippen molar-refractivity contribution in [1.82, 2.24) is 15.1 Å². The molecule has 2 heterocycles. The van der Waals surface area contributed by atoms with E-state index in [0.29, 0.717) is 17.9 Å². The summed E-state index contributed by atoms with van der Waals surface area (Å²) in [5, 5.41) is 5.15. The number of carbonyl (C=O) groups is 2. The molecule has 0 bridgehead atoms. The lowest BCUT2D eigenvalue weighted by Gasteiger charge is -2.27. The van der Waals surface area contributed by atoms with E-state index >= 15 is 0 Å². The van der Waals surface area contributed by atoms with Crippen molar-refractivity contribution in [3.63, 3.8) is 0 Å². The van der Waals surface area contributed by atoms with Gasteiger partial charge in [-0.15, -0.1) is 11.3 Å². The van der Waals surface area contributed by atoms with E-state index < -0.39 is 0 Å². The van der Waals surface area contributed by atoms with Crippen LogP contribution in [0.5, 0.6) is 5.75 Å². The second kappa shape index (κ2) is 9.71. The van der Waals surface area contributed by atoms with Gasteiger partial charge in [-0.05, 0) is 55.6 Å². The summed E-state index contributed by atoms with van der Waals surface area (Å²) in [6.45, 7) is 2.67. The van der Waals surface area contributed by atoms with Crippen molar-refractivity contribution in [3.05, 3.63) is 52.2 Å². The smallest absolute Gasteiger partial charge is 0.259 e. The van der Waals surface area contributed by atoms with E-state index in [1.807, 2.05) is 0 Å². The van der Waals surface area contributed by atoms with Gasteiger partial charge in [0.25, 0.3) is 11.8 Å². The molecule has 0 radical (unpaired) electrons. The second-order valence-electron chi connectivity index (χ2n) is 7.09. The number of hydrogen-bond donors (Lipinski definition) is 1. The third-order valence-electron chi connectivity index (χ3n) is 4.87. The fourth-order valence-corrected chi connectivity index (χ4v) is 4.10. The molecule has 6 nitrogen and oxygen atoms in total. The number of nitrogens with zero attached hydrogens (tertiary/aromatic N) is 2. The van der Waals surface area contributed by atoms with Gasteiger partial charge < -0.3 is 15.0 Å². The van der Waals surface area contributed by atoms with E-state index in [4.69, 9.17) is 4.74 Å². The van der Waals surface area contributed by atoms with E-state index in [1.165, 1.54) is 22.6 Å². The highest BCUT2D eigenvalue weighted by molar-refractivity contribution is 7.10. The number of benzene rings is 1. The third-order valence-corrected chi connectivity index (χ3v) is 5.84. The van der Waals surface area contributed by atoms with Crippen LogP contribution in [0.3, 0.4) is 0 Å². The van der Waals surface area contributed by atoms with Crippen LogP contribution < -0.4 is 10.1 Å². The van der Waals surface area contributed by atoms with Crippen LogP contribution in [0.2, 0.25) is 0 Å². The predicted octanol–water partition coefficient (Wildman–Crippen LogP) is 2.78. The molecule has 0 spiro atoms. The van der Waals surface area contributed by atoms with Gasteiger partial charge in [-0.1, -0.05) is 12.1 Å². The number of ether oxygens (including phenoxy) is 1. The molecule has 1 atom stereocenters. The molecule has 0 aliphatic carbocycles. The Hall–Kier alpha value is -2.38. The molecular weight excluding hydrogens is 374 g/mol. The van der Waals surface area contributed by atoms with Crippen molar-refractivity contribution < 1.29 is 14.3 Å². The molecule has 0 saturated carbocycles. The van der Waals surface area contributed by atoms with Crippen LogP contribution in [0.4, 0.5) is 0 Å². The summed E-state index contributed by atoms with van der Waals surface area (Å²) in [6, 6.07) is 11.3. The van der Waals surface area contributed by atoms with Gasteiger partial charge in [-0.25, -0.2) is 0 Å². The highest BCUT2D eigenvalue weighted by Gasteiger charge is 2.24. The molecule has 150 valence electrons. The number of likely N-dealkylation sites (N-methyl/N-ethyl adjacent to an activating group) is 1. The van der Waals surface area contributed by atoms with Crippen molar-refractivity contribution in [2.75, 3.05) is 40.3 Å². The molecule has 1 fully saturated rings. The van der Waals surface area contributed by atoms with Gasteiger partial charge in [-0.2, -0.15) is 0 Å². The fraction of sp³-hybridized carbons (Fsp3) is 0.429. The molecule has 1 N–H and O–H groups in total. The average molecular weight is 402 g/mol. The Kier molecular flexibility index (Phi) is 7.06. The van der Waals surface area contributed by atoms with Crippen molar-refractivity contribution in [2.24, 2.45) is 0 Å². The van der Waals surface area contributed by atoms with Gasteiger partial charge in [0.2, 0.25) is 0 Å². The summed E-state index contributed by atoms with van der Waals surface area (Å²) in [4.78, 5) is 29.5. The van der Waals surface area contributed by atoms with Crippen LogP contribution in [0.15, 0.2) is 41.8 Å². The summed E-state index contributed by atoms with van der Waals surface area (Å²) in [5.41, 5.74) is 0.529. The van der Waals surface area contributed by atoms with Crippen molar-refractivity contribution in [1.29, 1.82) is 0 Å². The summed E-state index contributed by atoms with van der Waals surface area (Å²) >= 11 is 1.73. The summed E-state index contributed by atoms with van der Waals surface area (Å²) in [5.74, 6) is 0.251. The first-order valence-electron chi connectivity index (χ1n) is 9.53. The summed E-state index contributed by atoms with van der Waals surface area (Å²) in [6.07, 6.45) is 2.42. The maximum atomic E-state index is 12.7. The maximum absolute atomic E-state index is 12.7. The zero-order chi connectivity index (χ0) is 19.9. The molecule has 1 aliphatic rings. The van der Waals surface area contributed by atoms with Crippen molar-refractivity contribution in [3.8, 4) is 5.75 Å². The number of nitrogens with one attached hydrogen (secondary N) is 1. The van der Waals surface area contributed by atoms with E-state index in [9.17, 15) is 9.59 Å². The number of rotatable bonds is 8. The first kappa shape index (κ1) is 20.4. The Balaban J connectivity index is 1.60. The van der Waals surface area contributed by atoms with Crippen molar-refractivity contribution >= 4 is 23.2 Å². The number of thiophene rings is 1. The van der Waals surface area contributed by atoms with Crippen LogP contribution in [0.25, 0.3) is 0 Å². The molecule has 2 aromatic rings. The van der Waals surface area contributed by atoms with Gasteiger partial charge in [0.1, 0.15) is 5.75 Å². The molecule has 1 aromatic carbocycles. The molecule has 7 heteroatoms. The summed E-state index contributed by atoms with van der Waals surface area (Å²) in [7, 11) is 3.36. The highest BCUT2D eigenvalue weighted by Crippen LogP contribution is 2.28. The lowest BCUT2D eigenvalue weighted by Crippen LogP contribution is -2.36. The van der Waals surface area contributed by atoms with E-state index in [-0.39, 0.29) is 24.5 Å². The largest absolute Gasteiger partial charge is 0.484 e. The van der Waals surface area contributed by atoms with Crippen LogP contribution in [0.1, 0.15) is 34.1 Å². The number of carbonyl (C=O) groups excluding carboxylic acids is 2. The Bertz CT molecular complexity index is 786. The molecule has 1 aromatic heterocycles. The minimum Gasteiger partial charge on any atom is -0.484 e. The molecule has 2 amide bonds. The van der Waals surface area contributed by atoms with Gasteiger partial charge in [0.15, 0.2) is 6.61 Å². The number of amides is 2. The van der Waals surface area contributed by atoms with Gasteiger partial charge >= 0.3 is 0 Å². The fourth-order valence-electron chi connectivity index (χ4n) is 3.24. The first-order valence-corrected chi connectivity index (χ1v) is 10.4. The molecular formula is C21H27N3O3S. The van der Waals surface area contributed by atoms with Gasteiger partial charge in [0, 0.05) is 31.1 Å². The van der Waals surface area contributed by atoms with E-state index in [1.54, 1.807) is 49.7 Å². The Morgan fingerprint density at radius 1 is 1.21 bits per heavy atom. The quantitative estimate of drug-likeness (QED) is 0.739. The number of likely N-dealkylation sites (tertiary alicyclic amines) is 1. The second-order valence-corrected chi connectivity index (χ2v) is 8.07. The zero-order valence-electron chi connectivity index (χ0n) is 16.4. The van der Waals surface area contributed by atoms with E-state index in [2.05, 4.69) is 27.7 Å². The first-order chi connectivity index (χ1) is 13.5. The molecule has 28 heavy (non-hydrogen) atoms. The lowest BCUT2D eigenvalue weighted by molar-refractivity contribution is -0.130. The van der Waals surface area contributed by atoms with Crippen LogP contribution in [-0.2, 0) is 4.79 Å². The minimum absolute atomic E-state index is 0.0481. The van der Waals surface area contributed by atoms with Crippen LogP contribution in [0, 0.1) is 0 Å². The van der Waals surface area contributed by atoms with Crippen LogP contribution >= 0.6 is 11.3 Å². The topological polar surface area (TPSA) is 61.9 Å². The molecule has 1 saturated heterocycles. The molecule has 1 unspecified atom stereocenters. The summed E-state index contributed by atoms with van der Waals surface area (Å²) < 4.78 is 5.51. The van der Waals surface area contributed by atoms with E-state index in [0.717, 1.165) is 13.1 Å². The predicted molar refractivity (Wildman–Crippen MR) is 111 cm³/mol. The standard InChI is InChI=1S/C21H27N3O3S/c1-23(2)20(25)15-27-17-8-5-7-16(13-17)21(26)22-14-18(19-9-6-12-28-19)24-10-3-4-11-24/h5-9,12-13,18H,3-4,10-11,14-15H2,1-2H3,(H,22,26).